The van der Waals surface area contributed by atoms with Crippen LogP contribution in [0.3, 0.4) is 0 Å². The predicted molar refractivity (Wildman–Crippen MR) is 108 cm³/mol. The van der Waals surface area contributed by atoms with E-state index in [1.165, 1.54) is 0 Å². The molecule has 154 valence electrons. The van der Waals surface area contributed by atoms with Crippen molar-refractivity contribution in [3.63, 3.8) is 0 Å². The van der Waals surface area contributed by atoms with E-state index in [0.717, 1.165) is 37.8 Å². The van der Waals surface area contributed by atoms with Gasteiger partial charge in [-0.15, -0.1) is 0 Å². The number of esters is 1. The quantitative estimate of drug-likeness (QED) is 0.624. The molecule has 6 heteroatoms. The lowest BCUT2D eigenvalue weighted by Crippen LogP contribution is -2.35. The molecular formula is C22H32N2O4. The van der Waals surface area contributed by atoms with Crippen LogP contribution in [0.1, 0.15) is 68.8 Å². The van der Waals surface area contributed by atoms with Gasteiger partial charge in [-0.05, 0) is 43.4 Å². The summed E-state index contributed by atoms with van der Waals surface area (Å²) in [5.74, 6) is 0.0278. The monoisotopic (exact) mass is 388 g/mol. The number of ether oxygens (including phenoxy) is 1. The normalized spacial score (nSPS) is 15.0. The highest BCUT2D eigenvalue weighted by molar-refractivity contribution is 5.91. The number of carbonyl (C=O) groups is 3. The van der Waals surface area contributed by atoms with Crippen LogP contribution in [0.2, 0.25) is 0 Å². The van der Waals surface area contributed by atoms with Gasteiger partial charge in [0.25, 0.3) is 5.91 Å². The molecule has 1 aromatic rings. The molecular weight excluding hydrogens is 356 g/mol. The zero-order valence-electron chi connectivity index (χ0n) is 17.2. The first-order valence-electron chi connectivity index (χ1n) is 10.2. The maximum Gasteiger partial charge on any atom is 0.338 e. The number of nitrogens with zero attached hydrogens (tertiary/aromatic N) is 1. The second-order valence-corrected chi connectivity index (χ2v) is 7.99. The van der Waals surface area contributed by atoms with Gasteiger partial charge in [0, 0.05) is 25.6 Å². The number of hydrogen-bond acceptors (Lipinski definition) is 4. The van der Waals surface area contributed by atoms with E-state index in [1.807, 2.05) is 24.0 Å². The molecule has 1 fully saturated rings. The van der Waals surface area contributed by atoms with Crippen molar-refractivity contribution in [1.82, 2.24) is 10.2 Å². The van der Waals surface area contributed by atoms with Crippen LogP contribution in [-0.2, 0) is 20.9 Å². The Balaban J connectivity index is 1.71. The van der Waals surface area contributed by atoms with Crippen LogP contribution >= 0.6 is 0 Å². The fourth-order valence-electron chi connectivity index (χ4n) is 3.27. The second-order valence-electron chi connectivity index (χ2n) is 7.99. The van der Waals surface area contributed by atoms with Gasteiger partial charge in [-0.25, -0.2) is 4.79 Å². The molecule has 0 aliphatic carbocycles. The molecule has 1 aliphatic heterocycles. The fraction of sp³-hybridized carbons (Fsp3) is 0.591. The van der Waals surface area contributed by atoms with Crippen molar-refractivity contribution in [1.29, 1.82) is 0 Å². The maximum atomic E-state index is 12.1. The van der Waals surface area contributed by atoms with Crippen molar-refractivity contribution < 1.29 is 19.1 Å². The maximum absolute atomic E-state index is 12.1. The largest absolute Gasteiger partial charge is 0.452 e. The van der Waals surface area contributed by atoms with Crippen LogP contribution in [0, 0.1) is 5.92 Å². The van der Waals surface area contributed by atoms with Gasteiger partial charge in [-0.3, -0.25) is 9.59 Å². The van der Waals surface area contributed by atoms with Crippen LogP contribution in [-0.4, -0.2) is 41.9 Å². The third kappa shape index (κ3) is 7.33. The molecule has 2 rings (SSSR count). The number of benzene rings is 1. The Morgan fingerprint density at radius 2 is 1.86 bits per heavy atom. The van der Waals surface area contributed by atoms with Gasteiger partial charge in [0.15, 0.2) is 6.61 Å². The summed E-state index contributed by atoms with van der Waals surface area (Å²) in [6, 6.07) is 7.05. The minimum absolute atomic E-state index is 0.0672. The van der Waals surface area contributed by atoms with E-state index in [-0.39, 0.29) is 24.5 Å². The molecule has 0 spiro atoms. The number of hydrogen-bond donors (Lipinski definition) is 1. The van der Waals surface area contributed by atoms with E-state index >= 15 is 0 Å². The Hall–Kier alpha value is -2.37. The molecule has 0 saturated carbocycles. The molecule has 0 bridgehead atoms. The van der Waals surface area contributed by atoms with Crippen LogP contribution in [0.15, 0.2) is 24.3 Å². The number of carbonyl (C=O) groups excluding carboxylic acids is 3. The highest BCUT2D eigenvalue weighted by Crippen LogP contribution is 2.15. The fourth-order valence-corrected chi connectivity index (χ4v) is 3.27. The predicted octanol–water partition coefficient (Wildman–Crippen LogP) is 3.30. The smallest absolute Gasteiger partial charge is 0.338 e. The Morgan fingerprint density at radius 3 is 2.46 bits per heavy atom. The molecule has 1 aliphatic rings. The van der Waals surface area contributed by atoms with Crippen molar-refractivity contribution in [2.24, 2.45) is 5.92 Å². The highest BCUT2D eigenvalue weighted by Gasteiger charge is 2.20. The Labute approximate surface area is 167 Å². The molecule has 6 nitrogen and oxygen atoms in total. The summed E-state index contributed by atoms with van der Waals surface area (Å²) < 4.78 is 5.11. The summed E-state index contributed by atoms with van der Waals surface area (Å²) in [5.41, 5.74) is 1.37. The topological polar surface area (TPSA) is 75.7 Å². The Kier molecular flexibility index (Phi) is 8.48. The average Bonchev–Trinajstić information content (AvgIpc) is 3.04. The van der Waals surface area contributed by atoms with Crippen molar-refractivity contribution in [2.75, 3.05) is 13.2 Å². The lowest BCUT2D eigenvalue weighted by atomic mass is 10.0. The molecule has 2 amide bonds. The van der Waals surface area contributed by atoms with E-state index in [0.29, 0.717) is 24.4 Å². The summed E-state index contributed by atoms with van der Waals surface area (Å²) in [6.45, 7) is 7.39. The molecule has 1 atom stereocenters. The lowest BCUT2D eigenvalue weighted by molar-refractivity contribution is -0.128. The van der Waals surface area contributed by atoms with Crippen molar-refractivity contribution in [3.05, 3.63) is 35.4 Å². The van der Waals surface area contributed by atoms with E-state index < -0.39 is 5.97 Å². The van der Waals surface area contributed by atoms with E-state index in [9.17, 15) is 14.4 Å². The molecule has 0 radical (unpaired) electrons. The first kappa shape index (κ1) is 21.9. The third-order valence-electron chi connectivity index (χ3n) is 4.89. The molecule has 1 saturated heterocycles. The minimum atomic E-state index is -0.522. The first-order chi connectivity index (χ1) is 13.3. The highest BCUT2D eigenvalue weighted by atomic mass is 16.5. The summed E-state index contributed by atoms with van der Waals surface area (Å²) in [5, 5.41) is 2.86. The van der Waals surface area contributed by atoms with Gasteiger partial charge in [0.1, 0.15) is 0 Å². The van der Waals surface area contributed by atoms with Gasteiger partial charge in [0.2, 0.25) is 5.91 Å². The van der Waals surface area contributed by atoms with E-state index in [1.54, 1.807) is 12.1 Å². The zero-order chi connectivity index (χ0) is 20.5. The third-order valence-corrected chi connectivity index (χ3v) is 4.89. The van der Waals surface area contributed by atoms with Gasteiger partial charge < -0.3 is 15.0 Å². The van der Waals surface area contributed by atoms with Crippen LogP contribution < -0.4 is 5.32 Å². The number of likely N-dealkylation sites (tertiary alicyclic amines) is 1. The van der Waals surface area contributed by atoms with Gasteiger partial charge in [0.05, 0.1) is 5.56 Å². The molecule has 0 unspecified atom stereocenters. The summed E-state index contributed by atoms with van der Waals surface area (Å²) >= 11 is 0. The molecule has 1 heterocycles. The Bertz CT molecular complexity index is 670. The molecule has 0 aromatic heterocycles. The number of nitrogens with one attached hydrogen (secondary N) is 1. The summed E-state index contributed by atoms with van der Waals surface area (Å²) in [7, 11) is 0. The average molecular weight is 389 g/mol. The minimum Gasteiger partial charge on any atom is -0.452 e. The number of amides is 2. The van der Waals surface area contributed by atoms with Crippen LogP contribution in [0.4, 0.5) is 0 Å². The van der Waals surface area contributed by atoms with Gasteiger partial charge in [-0.2, -0.15) is 0 Å². The zero-order valence-corrected chi connectivity index (χ0v) is 17.2. The molecule has 28 heavy (non-hydrogen) atoms. The SMILES string of the molecule is CC(C)CCC[C@@H](C)NC(=O)COC(=O)c1ccc(CN2CCCC2=O)cc1. The van der Waals surface area contributed by atoms with Crippen molar-refractivity contribution in [2.45, 2.75) is 65.5 Å². The number of rotatable bonds is 10. The van der Waals surface area contributed by atoms with Crippen LogP contribution in [0.25, 0.3) is 0 Å². The van der Waals surface area contributed by atoms with E-state index in [4.69, 9.17) is 4.74 Å². The van der Waals surface area contributed by atoms with Crippen molar-refractivity contribution >= 4 is 17.8 Å². The molecule has 1 N–H and O–H groups in total. The van der Waals surface area contributed by atoms with E-state index in [2.05, 4.69) is 19.2 Å². The standard InChI is InChI=1S/C22H32N2O4/c1-16(2)6-4-7-17(3)23-20(25)15-28-22(27)19-11-9-18(10-12-19)14-24-13-5-8-21(24)26/h9-12,16-17H,4-8,13-15H2,1-3H3,(H,23,25)/t17-/m1/s1. The molecule has 1 aromatic carbocycles. The van der Waals surface area contributed by atoms with Crippen LogP contribution in [0.5, 0.6) is 0 Å². The summed E-state index contributed by atoms with van der Waals surface area (Å²) in [6.07, 6.45) is 4.63. The Morgan fingerprint density at radius 1 is 1.14 bits per heavy atom. The van der Waals surface area contributed by atoms with Gasteiger partial charge >= 0.3 is 5.97 Å². The van der Waals surface area contributed by atoms with Crippen molar-refractivity contribution in [3.8, 4) is 0 Å². The summed E-state index contributed by atoms with van der Waals surface area (Å²) in [4.78, 5) is 37.6. The second kappa shape index (κ2) is 10.8. The first-order valence-corrected chi connectivity index (χ1v) is 10.2. The van der Waals surface area contributed by atoms with Gasteiger partial charge in [-0.1, -0.05) is 38.8 Å². The lowest BCUT2D eigenvalue weighted by Gasteiger charge is -2.16.